The number of methoxy groups -OCH3 is 1. The maximum absolute atomic E-state index is 12.9. The van der Waals surface area contributed by atoms with Crippen molar-refractivity contribution in [1.82, 2.24) is 4.41 Å². The number of benzene rings is 2. The van der Waals surface area contributed by atoms with Crippen molar-refractivity contribution in [3.63, 3.8) is 0 Å². The predicted molar refractivity (Wildman–Crippen MR) is 98.3 cm³/mol. The molecule has 130 valence electrons. The van der Waals surface area contributed by atoms with Gasteiger partial charge < -0.3 is 4.74 Å². The van der Waals surface area contributed by atoms with Crippen molar-refractivity contribution >= 4 is 15.7 Å². The molecule has 0 fully saturated rings. The van der Waals surface area contributed by atoms with Gasteiger partial charge in [0.15, 0.2) is 0 Å². The number of hydrazone groups is 1. The molecule has 1 heterocycles. The molecule has 2 aromatic rings. The summed E-state index contributed by atoms with van der Waals surface area (Å²) in [5, 5.41) is 4.39. The second-order valence-electron chi connectivity index (χ2n) is 5.87. The molecule has 0 saturated heterocycles. The third kappa shape index (κ3) is 3.30. The normalized spacial score (nSPS) is 17.3. The number of aryl methyl sites for hydroxylation is 1. The summed E-state index contributed by atoms with van der Waals surface area (Å²) in [6.07, 6.45) is 2.10. The van der Waals surface area contributed by atoms with E-state index in [1.165, 1.54) is 0 Å². The van der Waals surface area contributed by atoms with Crippen LogP contribution in [0.15, 0.2) is 71.2 Å². The molecule has 5 nitrogen and oxygen atoms in total. The Morgan fingerprint density at radius 3 is 2.36 bits per heavy atom. The van der Waals surface area contributed by atoms with Crippen LogP contribution >= 0.6 is 0 Å². The minimum absolute atomic E-state index is 0.227. The van der Waals surface area contributed by atoms with E-state index in [1.807, 2.05) is 31.2 Å². The Labute approximate surface area is 148 Å². The molecule has 1 aliphatic heterocycles. The van der Waals surface area contributed by atoms with Crippen LogP contribution in [-0.2, 0) is 10.0 Å². The van der Waals surface area contributed by atoms with E-state index in [9.17, 15) is 8.42 Å². The van der Waals surface area contributed by atoms with E-state index in [-0.39, 0.29) is 4.90 Å². The summed E-state index contributed by atoms with van der Waals surface area (Å²) in [5.74, 6) is 0.742. The Hall–Kier alpha value is -2.60. The molecular formula is C19H20N2O3S. The van der Waals surface area contributed by atoms with Gasteiger partial charge in [0.2, 0.25) is 0 Å². The lowest BCUT2D eigenvalue weighted by molar-refractivity contribution is 0.409. The van der Waals surface area contributed by atoms with Crippen LogP contribution in [0.5, 0.6) is 5.75 Å². The van der Waals surface area contributed by atoms with E-state index in [4.69, 9.17) is 4.74 Å². The molecule has 0 spiro atoms. The fraction of sp³-hybridized carbons (Fsp3) is 0.211. The molecule has 0 unspecified atom stereocenters. The van der Waals surface area contributed by atoms with Gasteiger partial charge >= 0.3 is 0 Å². The largest absolute Gasteiger partial charge is 0.497 e. The number of hydrogen-bond acceptors (Lipinski definition) is 4. The Bertz CT molecular complexity index is 901. The van der Waals surface area contributed by atoms with Gasteiger partial charge in [-0.25, -0.2) is 0 Å². The van der Waals surface area contributed by atoms with E-state index >= 15 is 0 Å². The first-order chi connectivity index (χ1) is 12.0. The van der Waals surface area contributed by atoms with Crippen molar-refractivity contribution in [2.75, 3.05) is 7.11 Å². The monoisotopic (exact) mass is 356 g/mol. The van der Waals surface area contributed by atoms with Gasteiger partial charge in [0.25, 0.3) is 10.0 Å². The second-order valence-corrected chi connectivity index (χ2v) is 7.67. The van der Waals surface area contributed by atoms with E-state index < -0.39 is 16.1 Å². The van der Waals surface area contributed by atoms with Crippen LogP contribution in [0.3, 0.4) is 0 Å². The smallest absolute Gasteiger partial charge is 0.279 e. The highest BCUT2D eigenvalue weighted by Gasteiger charge is 2.35. The fourth-order valence-corrected chi connectivity index (χ4v) is 4.11. The van der Waals surface area contributed by atoms with Crippen LogP contribution in [0.4, 0.5) is 0 Å². The Balaban J connectivity index is 1.97. The topological polar surface area (TPSA) is 59.0 Å². The third-order valence-electron chi connectivity index (χ3n) is 4.17. The maximum Gasteiger partial charge on any atom is 0.279 e. The molecule has 0 aliphatic carbocycles. The summed E-state index contributed by atoms with van der Waals surface area (Å²) < 4.78 is 32.2. The SMILES string of the molecule is C=C[C@H]1CC(c2ccc(OC)cc2)=NN1S(=O)(=O)c1ccc(C)cc1. The van der Waals surface area contributed by atoms with Crippen LogP contribution in [0, 0.1) is 6.92 Å². The lowest BCUT2D eigenvalue weighted by atomic mass is 10.0. The molecular weight excluding hydrogens is 336 g/mol. The van der Waals surface area contributed by atoms with Gasteiger partial charge in [-0.15, -0.1) is 6.58 Å². The van der Waals surface area contributed by atoms with Gasteiger partial charge in [-0.3, -0.25) is 0 Å². The zero-order valence-corrected chi connectivity index (χ0v) is 15.0. The van der Waals surface area contributed by atoms with Crippen molar-refractivity contribution in [2.45, 2.75) is 24.3 Å². The van der Waals surface area contributed by atoms with Crippen molar-refractivity contribution in [1.29, 1.82) is 0 Å². The predicted octanol–water partition coefficient (Wildman–Crippen LogP) is 3.36. The van der Waals surface area contributed by atoms with Crippen molar-refractivity contribution < 1.29 is 13.2 Å². The Kier molecular flexibility index (Phi) is 4.63. The zero-order chi connectivity index (χ0) is 18.0. The highest BCUT2D eigenvalue weighted by Crippen LogP contribution is 2.28. The minimum Gasteiger partial charge on any atom is -0.497 e. The first-order valence-corrected chi connectivity index (χ1v) is 9.35. The van der Waals surface area contributed by atoms with Crippen LogP contribution < -0.4 is 4.74 Å². The summed E-state index contributed by atoms with van der Waals surface area (Å²) in [4.78, 5) is 0.227. The second kappa shape index (κ2) is 6.72. The molecule has 3 rings (SSSR count). The third-order valence-corrected chi connectivity index (χ3v) is 5.88. The first-order valence-electron chi connectivity index (χ1n) is 7.91. The van der Waals surface area contributed by atoms with E-state index in [1.54, 1.807) is 37.5 Å². The summed E-state index contributed by atoms with van der Waals surface area (Å²) >= 11 is 0. The van der Waals surface area contributed by atoms with E-state index in [2.05, 4.69) is 11.7 Å². The quantitative estimate of drug-likeness (QED) is 0.772. The summed E-state index contributed by atoms with van der Waals surface area (Å²) in [6, 6.07) is 13.8. The molecule has 1 aliphatic rings. The molecule has 0 amide bonds. The molecule has 0 radical (unpaired) electrons. The molecule has 0 aromatic heterocycles. The molecule has 0 saturated carbocycles. The minimum atomic E-state index is -3.72. The van der Waals surface area contributed by atoms with Gasteiger partial charge in [0.05, 0.1) is 23.8 Å². The van der Waals surface area contributed by atoms with Crippen molar-refractivity contribution in [3.05, 3.63) is 72.3 Å². The highest BCUT2D eigenvalue weighted by molar-refractivity contribution is 7.89. The molecule has 0 N–H and O–H groups in total. The van der Waals surface area contributed by atoms with Crippen LogP contribution in [0.2, 0.25) is 0 Å². The van der Waals surface area contributed by atoms with Gasteiger partial charge in [-0.1, -0.05) is 23.8 Å². The van der Waals surface area contributed by atoms with Gasteiger partial charge in [0, 0.05) is 6.42 Å². The van der Waals surface area contributed by atoms with Crippen LogP contribution in [-0.4, -0.2) is 31.7 Å². The number of hydrogen-bond donors (Lipinski definition) is 0. The van der Waals surface area contributed by atoms with Crippen molar-refractivity contribution in [2.24, 2.45) is 5.10 Å². The Morgan fingerprint density at radius 2 is 1.80 bits per heavy atom. The zero-order valence-electron chi connectivity index (χ0n) is 14.2. The molecule has 25 heavy (non-hydrogen) atoms. The summed E-state index contributed by atoms with van der Waals surface area (Å²) in [6.45, 7) is 5.69. The molecule has 2 aromatic carbocycles. The fourth-order valence-electron chi connectivity index (χ4n) is 2.69. The number of ether oxygens (including phenoxy) is 1. The highest BCUT2D eigenvalue weighted by atomic mass is 32.2. The standard InChI is InChI=1S/C19H20N2O3S/c1-4-16-13-19(15-7-9-17(24-3)10-8-15)20-21(16)25(22,23)18-11-5-14(2)6-12-18/h4-12,16H,1,13H2,2-3H3/t16-/m0/s1. The van der Waals surface area contributed by atoms with E-state index in [0.29, 0.717) is 12.1 Å². The lowest BCUT2D eigenvalue weighted by Crippen LogP contribution is -2.31. The lowest BCUT2D eigenvalue weighted by Gasteiger charge is -2.20. The van der Waals surface area contributed by atoms with E-state index in [0.717, 1.165) is 21.3 Å². The number of sulfonamides is 1. The summed E-state index contributed by atoms with van der Waals surface area (Å²) in [5.41, 5.74) is 2.58. The van der Waals surface area contributed by atoms with Gasteiger partial charge in [-0.2, -0.15) is 17.9 Å². The van der Waals surface area contributed by atoms with Crippen molar-refractivity contribution in [3.8, 4) is 5.75 Å². The maximum atomic E-state index is 12.9. The average molecular weight is 356 g/mol. The Morgan fingerprint density at radius 1 is 1.16 bits per heavy atom. The molecule has 0 bridgehead atoms. The number of rotatable bonds is 5. The van der Waals surface area contributed by atoms with Gasteiger partial charge in [0.1, 0.15) is 5.75 Å². The van der Waals surface area contributed by atoms with Crippen LogP contribution in [0.25, 0.3) is 0 Å². The van der Waals surface area contributed by atoms with Crippen LogP contribution in [0.1, 0.15) is 17.5 Å². The number of nitrogens with zero attached hydrogens (tertiary/aromatic N) is 2. The van der Waals surface area contributed by atoms with Gasteiger partial charge in [-0.05, 0) is 48.9 Å². The first kappa shape index (κ1) is 17.2. The molecule has 6 heteroatoms. The molecule has 1 atom stereocenters. The summed E-state index contributed by atoms with van der Waals surface area (Å²) in [7, 11) is -2.12. The average Bonchev–Trinajstić information content (AvgIpc) is 3.07.